The van der Waals surface area contributed by atoms with E-state index in [2.05, 4.69) is 31.7 Å². The Morgan fingerprint density at radius 2 is 1.12 bits per heavy atom. The third kappa shape index (κ3) is 8.41. The van der Waals surface area contributed by atoms with Crippen LogP contribution in [0.1, 0.15) is 31.2 Å². The molecule has 6 aliphatic rings. The second-order valence-corrected chi connectivity index (χ2v) is 16.6. The summed E-state index contributed by atoms with van der Waals surface area (Å²) in [6.07, 6.45) is 3.59. The molecule has 4 fully saturated rings. The van der Waals surface area contributed by atoms with Gasteiger partial charge >= 0.3 is 0 Å². The molecule has 14 heteroatoms. The van der Waals surface area contributed by atoms with Crippen LogP contribution in [0.2, 0.25) is 0 Å². The van der Waals surface area contributed by atoms with Crippen molar-refractivity contribution in [3.05, 3.63) is 78.4 Å². The molecule has 5 aliphatic heterocycles. The molecule has 59 heavy (non-hydrogen) atoms. The summed E-state index contributed by atoms with van der Waals surface area (Å²) in [6.45, 7) is 15.3. The third-order valence-electron chi connectivity index (χ3n) is 12.9. The van der Waals surface area contributed by atoms with Gasteiger partial charge in [0, 0.05) is 94.9 Å². The molecule has 0 unspecified atom stereocenters. The van der Waals surface area contributed by atoms with Gasteiger partial charge < -0.3 is 24.2 Å². The quantitative estimate of drug-likeness (QED) is 0.166. The fourth-order valence-corrected chi connectivity index (χ4v) is 9.60. The Labute approximate surface area is 343 Å². The molecular weight excluding hydrogens is 751 g/mol. The largest absolute Gasteiger partial charge is 0.494 e. The number of rotatable bonds is 14. The van der Waals surface area contributed by atoms with Gasteiger partial charge in [-0.3, -0.25) is 43.2 Å². The summed E-state index contributed by atoms with van der Waals surface area (Å²) in [4.78, 5) is 58.8. The second-order valence-electron chi connectivity index (χ2n) is 16.6. The molecule has 4 saturated heterocycles. The lowest BCUT2D eigenvalue weighted by Crippen LogP contribution is -2.40. The Kier molecular flexibility index (Phi) is 12.3. The van der Waals surface area contributed by atoms with Crippen molar-refractivity contribution in [3.8, 4) is 28.1 Å². The summed E-state index contributed by atoms with van der Waals surface area (Å²) in [7, 11) is 0. The molecule has 2 aromatic carbocycles. The van der Waals surface area contributed by atoms with Crippen LogP contribution in [0.5, 0.6) is 5.88 Å². The summed E-state index contributed by atoms with van der Waals surface area (Å²) < 4.78 is 19.5. The van der Waals surface area contributed by atoms with Crippen molar-refractivity contribution in [1.82, 2.24) is 28.7 Å². The number of benzene rings is 3. The molecule has 0 spiro atoms. The Bertz CT molecular complexity index is 2430. The van der Waals surface area contributed by atoms with E-state index in [-0.39, 0.29) is 23.5 Å². The average molecular weight is 808 g/mol. The van der Waals surface area contributed by atoms with E-state index in [4.69, 9.17) is 19.2 Å². The van der Waals surface area contributed by atoms with Gasteiger partial charge in [-0.15, -0.1) is 0 Å². The molecule has 314 valence electrons. The lowest BCUT2D eigenvalue weighted by Gasteiger charge is -2.27. The molecule has 3 aromatic rings. The number of pyridine rings is 2. The maximum Gasteiger partial charge on any atom is 0.263 e. The van der Waals surface area contributed by atoms with Gasteiger partial charge in [0.05, 0.1) is 67.9 Å². The number of ether oxygens (including phenoxy) is 3. The monoisotopic (exact) mass is 807 g/mol. The van der Waals surface area contributed by atoms with E-state index in [9.17, 15) is 19.5 Å². The molecule has 0 atom stereocenters. The predicted octanol–water partition coefficient (Wildman–Crippen LogP) is 2.30. The SMILES string of the molecule is O=c1c2c(=NCCN3CCCC3)cc3c(=O)n(CCCN4CCOCC4)c(=O)c4c(-c5ccc(CN6CCOCC6)cc5)cc(c(O)n1CCCN1CCOCC1)c2c4-3. The highest BCUT2D eigenvalue weighted by Gasteiger charge is 2.30. The summed E-state index contributed by atoms with van der Waals surface area (Å²) in [5.74, 6) is -0.158. The first-order valence-electron chi connectivity index (χ1n) is 21.8. The van der Waals surface area contributed by atoms with E-state index in [1.165, 1.54) is 9.13 Å². The van der Waals surface area contributed by atoms with E-state index in [1.807, 2.05) is 18.2 Å². The van der Waals surface area contributed by atoms with E-state index in [1.54, 1.807) is 6.07 Å². The maximum absolute atomic E-state index is 14.9. The molecule has 1 aliphatic carbocycles. The normalized spacial score (nSPS) is 19.6. The van der Waals surface area contributed by atoms with Crippen LogP contribution in [0.3, 0.4) is 0 Å². The second kappa shape index (κ2) is 18.1. The average Bonchev–Trinajstić information content (AvgIpc) is 3.79. The lowest BCUT2D eigenvalue weighted by molar-refractivity contribution is 0.0342. The summed E-state index contributed by atoms with van der Waals surface area (Å²) in [5.41, 5.74) is 2.21. The van der Waals surface area contributed by atoms with Crippen molar-refractivity contribution in [2.75, 3.05) is 118 Å². The number of likely N-dealkylation sites (tertiary alicyclic amines) is 1. The van der Waals surface area contributed by atoms with Crippen LogP contribution in [-0.4, -0.2) is 152 Å². The van der Waals surface area contributed by atoms with E-state index < -0.39 is 5.56 Å². The van der Waals surface area contributed by atoms with Gasteiger partial charge in [0.15, 0.2) is 0 Å². The predicted molar refractivity (Wildman–Crippen MR) is 228 cm³/mol. The van der Waals surface area contributed by atoms with Crippen LogP contribution in [0.25, 0.3) is 43.8 Å². The van der Waals surface area contributed by atoms with Crippen LogP contribution in [0, 0.1) is 0 Å². The molecule has 0 saturated carbocycles. The van der Waals surface area contributed by atoms with Gasteiger partial charge in [-0.05, 0) is 67.6 Å². The smallest absolute Gasteiger partial charge is 0.263 e. The molecule has 0 radical (unpaired) electrons. The Morgan fingerprint density at radius 1 is 0.559 bits per heavy atom. The van der Waals surface area contributed by atoms with Crippen molar-refractivity contribution < 1.29 is 19.3 Å². The summed E-state index contributed by atoms with van der Waals surface area (Å²) in [5, 5.41) is 14.2. The topological polar surface area (TPSA) is 134 Å². The Balaban J connectivity index is 1.21. The number of aromatic hydroxyl groups is 1. The van der Waals surface area contributed by atoms with Crippen LogP contribution in [-0.2, 0) is 33.8 Å². The highest BCUT2D eigenvalue weighted by atomic mass is 16.5. The number of aromatic nitrogens is 2. The molecule has 1 aromatic heterocycles. The standard InChI is InChI=1S/C45H57N7O7/c53-42-35-29-34(33-7-5-32(6-8-33)31-50-21-27-59-28-22-50)40-38-36(43(54)51(44(40)55)14-3-12-48-17-23-57-24-18-48)30-37(46-9-16-47-10-1-2-11-47)41(39(35)38)45(56)52(42)15-4-13-49-19-25-58-26-20-49/h5-8,29-30,53H,1-4,9-28,31H2. The minimum atomic E-state index is -0.393. The Hall–Kier alpha value is -4.28. The number of hydrogen-bond acceptors (Lipinski definition) is 12. The van der Waals surface area contributed by atoms with E-state index in [0.29, 0.717) is 96.0 Å². The van der Waals surface area contributed by atoms with Crippen molar-refractivity contribution in [3.63, 3.8) is 0 Å². The van der Waals surface area contributed by atoms with Crippen LogP contribution in [0.4, 0.5) is 0 Å². The van der Waals surface area contributed by atoms with Gasteiger partial charge in [0.2, 0.25) is 5.88 Å². The van der Waals surface area contributed by atoms with Crippen LogP contribution >= 0.6 is 0 Å². The van der Waals surface area contributed by atoms with Crippen molar-refractivity contribution in [2.24, 2.45) is 4.99 Å². The first-order valence-corrected chi connectivity index (χ1v) is 21.8. The minimum absolute atomic E-state index is 0.158. The third-order valence-corrected chi connectivity index (χ3v) is 12.9. The first kappa shape index (κ1) is 40.1. The molecule has 0 bridgehead atoms. The minimum Gasteiger partial charge on any atom is -0.494 e. The maximum atomic E-state index is 14.9. The van der Waals surface area contributed by atoms with Gasteiger partial charge in [-0.2, -0.15) is 0 Å². The van der Waals surface area contributed by atoms with Crippen LogP contribution in [0.15, 0.2) is 55.8 Å². The van der Waals surface area contributed by atoms with Crippen molar-refractivity contribution in [2.45, 2.75) is 45.3 Å². The molecule has 9 rings (SSSR count). The number of nitrogens with zero attached hydrogens (tertiary/aromatic N) is 7. The molecule has 14 nitrogen and oxygen atoms in total. The molecular formula is C45H57N7O7. The van der Waals surface area contributed by atoms with E-state index in [0.717, 1.165) is 116 Å². The van der Waals surface area contributed by atoms with E-state index >= 15 is 0 Å². The number of hydrogen-bond donors (Lipinski definition) is 1. The van der Waals surface area contributed by atoms with Gasteiger partial charge in [0.1, 0.15) is 0 Å². The Morgan fingerprint density at radius 3 is 1.75 bits per heavy atom. The molecule has 1 N–H and O–H groups in total. The van der Waals surface area contributed by atoms with Crippen molar-refractivity contribution >= 4 is 21.5 Å². The zero-order valence-electron chi connectivity index (χ0n) is 34.2. The fourth-order valence-electron chi connectivity index (χ4n) is 9.60. The molecule has 6 heterocycles. The lowest BCUT2D eigenvalue weighted by atomic mass is 9.86. The first-order chi connectivity index (χ1) is 28.9. The highest BCUT2D eigenvalue weighted by Crippen LogP contribution is 2.42. The zero-order chi connectivity index (χ0) is 40.3. The van der Waals surface area contributed by atoms with Gasteiger partial charge in [-0.1, -0.05) is 24.3 Å². The van der Waals surface area contributed by atoms with Crippen LogP contribution < -0.4 is 22.0 Å². The molecule has 0 amide bonds. The van der Waals surface area contributed by atoms with Crippen molar-refractivity contribution in [1.29, 1.82) is 0 Å². The highest BCUT2D eigenvalue weighted by molar-refractivity contribution is 6.19. The summed E-state index contributed by atoms with van der Waals surface area (Å²) in [6, 6.07) is 11.9. The zero-order valence-corrected chi connectivity index (χ0v) is 34.2. The fraction of sp³-hybridized carbons (Fsp3) is 0.556. The summed E-state index contributed by atoms with van der Waals surface area (Å²) >= 11 is 0. The van der Waals surface area contributed by atoms with Gasteiger partial charge in [-0.25, -0.2) is 0 Å². The number of morpholine rings is 3. The van der Waals surface area contributed by atoms with Gasteiger partial charge in [0.25, 0.3) is 16.7 Å².